The van der Waals surface area contributed by atoms with Gasteiger partial charge in [0.15, 0.2) is 0 Å². The predicted octanol–water partition coefficient (Wildman–Crippen LogP) is 4.15. The lowest BCUT2D eigenvalue weighted by Gasteiger charge is -2.10. The minimum atomic E-state index is -0.285. The van der Waals surface area contributed by atoms with Crippen molar-refractivity contribution in [3.8, 4) is 11.6 Å². The maximum atomic E-state index is 13.5. The molecule has 19 heavy (non-hydrogen) atoms. The number of hydrogen-bond acceptors (Lipinski definition) is 3. The Morgan fingerprint density at radius 3 is 2.47 bits per heavy atom. The topological polar surface area (TPSA) is 35.0 Å². The van der Waals surface area contributed by atoms with Crippen LogP contribution in [0.15, 0.2) is 24.3 Å². The van der Waals surface area contributed by atoms with Crippen LogP contribution in [0.2, 0.25) is 0 Å². The maximum absolute atomic E-state index is 13.5. The maximum Gasteiger partial charge on any atom is 0.222 e. The van der Waals surface area contributed by atoms with E-state index in [2.05, 4.69) is 9.97 Å². The molecule has 0 N–H and O–H groups in total. The molecule has 0 aliphatic heterocycles. The third-order valence-corrected chi connectivity index (χ3v) is 2.73. The van der Waals surface area contributed by atoms with Crippen LogP contribution in [0.3, 0.4) is 0 Å². The molecule has 0 aliphatic carbocycles. The van der Waals surface area contributed by atoms with Crippen molar-refractivity contribution in [3.63, 3.8) is 0 Å². The molecular formula is C15H17FN2O. The van der Waals surface area contributed by atoms with E-state index in [-0.39, 0.29) is 11.7 Å². The van der Waals surface area contributed by atoms with Gasteiger partial charge in [-0.05, 0) is 25.5 Å². The monoisotopic (exact) mass is 260 g/mol. The van der Waals surface area contributed by atoms with Crippen LogP contribution in [0.1, 0.15) is 36.8 Å². The molecule has 0 fully saturated rings. The van der Waals surface area contributed by atoms with Crippen LogP contribution in [0.5, 0.6) is 11.6 Å². The van der Waals surface area contributed by atoms with E-state index in [4.69, 9.17) is 4.74 Å². The van der Waals surface area contributed by atoms with E-state index in [0.29, 0.717) is 17.2 Å². The normalized spacial score (nSPS) is 10.8. The Morgan fingerprint density at radius 2 is 1.84 bits per heavy atom. The summed E-state index contributed by atoms with van der Waals surface area (Å²) in [6.07, 6.45) is 0. The minimum Gasteiger partial charge on any atom is -0.439 e. The van der Waals surface area contributed by atoms with Crippen molar-refractivity contribution in [1.29, 1.82) is 0 Å². The molecule has 0 saturated carbocycles. The first-order valence-corrected chi connectivity index (χ1v) is 6.25. The van der Waals surface area contributed by atoms with Crippen LogP contribution in [0, 0.1) is 19.7 Å². The van der Waals surface area contributed by atoms with Crippen molar-refractivity contribution in [2.45, 2.75) is 33.6 Å². The van der Waals surface area contributed by atoms with Gasteiger partial charge in [-0.2, -0.15) is 4.98 Å². The molecule has 100 valence electrons. The van der Waals surface area contributed by atoms with Gasteiger partial charge < -0.3 is 4.74 Å². The Hall–Kier alpha value is -1.97. The molecule has 0 spiro atoms. The van der Waals surface area contributed by atoms with Gasteiger partial charge >= 0.3 is 0 Å². The van der Waals surface area contributed by atoms with E-state index < -0.39 is 0 Å². The molecule has 0 radical (unpaired) electrons. The fraction of sp³-hybridized carbons (Fsp3) is 0.333. The minimum absolute atomic E-state index is 0.219. The van der Waals surface area contributed by atoms with E-state index in [1.54, 1.807) is 25.1 Å². The second-order valence-corrected chi connectivity index (χ2v) is 4.87. The van der Waals surface area contributed by atoms with Crippen LogP contribution in [0.25, 0.3) is 0 Å². The highest BCUT2D eigenvalue weighted by Gasteiger charge is 2.08. The first-order valence-electron chi connectivity index (χ1n) is 6.25. The average Bonchev–Trinajstić information content (AvgIpc) is 2.33. The van der Waals surface area contributed by atoms with Gasteiger partial charge in [0.2, 0.25) is 5.88 Å². The van der Waals surface area contributed by atoms with E-state index in [1.807, 2.05) is 20.8 Å². The molecule has 1 aromatic heterocycles. The van der Waals surface area contributed by atoms with Crippen LogP contribution in [-0.2, 0) is 0 Å². The Bertz CT molecular complexity index is 597. The molecule has 1 heterocycles. The summed E-state index contributed by atoms with van der Waals surface area (Å²) in [5.41, 5.74) is 1.43. The molecule has 2 aromatic rings. The van der Waals surface area contributed by atoms with E-state index >= 15 is 0 Å². The Kier molecular flexibility index (Phi) is 3.79. The van der Waals surface area contributed by atoms with Crippen molar-refractivity contribution in [3.05, 3.63) is 47.2 Å². The second kappa shape index (κ2) is 5.34. The summed E-state index contributed by atoms with van der Waals surface area (Å²) in [6.45, 7) is 7.63. The Labute approximate surface area is 112 Å². The highest BCUT2D eigenvalue weighted by molar-refractivity contribution is 5.31. The Morgan fingerprint density at radius 1 is 1.11 bits per heavy atom. The number of halogens is 1. The largest absolute Gasteiger partial charge is 0.439 e. The highest BCUT2D eigenvalue weighted by Crippen LogP contribution is 2.23. The standard InChI is InChI=1S/C15H17FN2O/c1-9(2)15-17-11(4)7-14(18-15)19-12-6-5-10(3)13(16)8-12/h5-9H,1-4H3. The highest BCUT2D eigenvalue weighted by atomic mass is 19.1. The molecule has 2 rings (SSSR count). The molecule has 0 saturated heterocycles. The fourth-order valence-corrected chi connectivity index (χ4v) is 1.63. The number of ether oxygens (including phenoxy) is 1. The summed E-state index contributed by atoms with van der Waals surface area (Å²) < 4.78 is 19.1. The number of rotatable bonds is 3. The zero-order valence-corrected chi connectivity index (χ0v) is 11.6. The van der Waals surface area contributed by atoms with Gasteiger partial charge in [-0.15, -0.1) is 0 Å². The smallest absolute Gasteiger partial charge is 0.222 e. The molecule has 0 atom stereocenters. The molecule has 0 aliphatic rings. The zero-order valence-electron chi connectivity index (χ0n) is 11.6. The molecule has 0 bridgehead atoms. The summed E-state index contributed by atoms with van der Waals surface area (Å²) in [5, 5.41) is 0. The van der Waals surface area contributed by atoms with Crippen molar-refractivity contribution < 1.29 is 9.13 Å². The van der Waals surface area contributed by atoms with Crippen molar-refractivity contribution in [2.24, 2.45) is 0 Å². The number of nitrogens with zero attached hydrogens (tertiary/aromatic N) is 2. The van der Waals surface area contributed by atoms with Crippen molar-refractivity contribution in [2.75, 3.05) is 0 Å². The summed E-state index contributed by atoms with van der Waals surface area (Å²) in [7, 11) is 0. The molecule has 1 aromatic carbocycles. The summed E-state index contributed by atoms with van der Waals surface area (Å²) in [6, 6.07) is 6.51. The molecular weight excluding hydrogens is 243 g/mol. The zero-order chi connectivity index (χ0) is 14.0. The molecule has 0 amide bonds. The molecule has 4 heteroatoms. The van der Waals surface area contributed by atoms with Gasteiger partial charge in [0.25, 0.3) is 0 Å². The summed E-state index contributed by atoms with van der Waals surface area (Å²) >= 11 is 0. The number of benzene rings is 1. The quantitative estimate of drug-likeness (QED) is 0.831. The third kappa shape index (κ3) is 3.28. The van der Waals surface area contributed by atoms with Gasteiger partial charge in [0, 0.05) is 23.7 Å². The number of hydrogen-bond donors (Lipinski definition) is 0. The number of aromatic nitrogens is 2. The first-order chi connectivity index (χ1) is 8.95. The Balaban J connectivity index is 2.29. The van der Waals surface area contributed by atoms with Gasteiger partial charge in [0.05, 0.1) is 0 Å². The van der Waals surface area contributed by atoms with Gasteiger partial charge in [-0.25, -0.2) is 9.37 Å². The van der Waals surface area contributed by atoms with Crippen LogP contribution in [-0.4, -0.2) is 9.97 Å². The van der Waals surface area contributed by atoms with Crippen LogP contribution >= 0.6 is 0 Å². The summed E-state index contributed by atoms with van der Waals surface area (Å²) in [4.78, 5) is 8.67. The lowest BCUT2D eigenvalue weighted by molar-refractivity contribution is 0.451. The van der Waals surface area contributed by atoms with E-state index in [9.17, 15) is 4.39 Å². The fourth-order valence-electron chi connectivity index (χ4n) is 1.63. The predicted molar refractivity (Wildman–Crippen MR) is 72.1 cm³/mol. The van der Waals surface area contributed by atoms with Gasteiger partial charge in [-0.1, -0.05) is 19.9 Å². The number of aryl methyl sites for hydroxylation is 2. The van der Waals surface area contributed by atoms with E-state index in [1.165, 1.54) is 6.07 Å². The van der Waals surface area contributed by atoms with Crippen LogP contribution < -0.4 is 4.74 Å². The van der Waals surface area contributed by atoms with Crippen molar-refractivity contribution >= 4 is 0 Å². The SMILES string of the molecule is Cc1cc(Oc2ccc(C)c(F)c2)nc(C(C)C)n1. The van der Waals surface area contributed by atoms with Crippen molar-refractivity contribution in [1.82, 2.24) is 9.97 Å². The van der Waals surface area contributed by atoms with E-state index in [0.717, 1.165) is 11.5 Å². The summed E-state index contributed by atoms with van der Waals surface area (Å²) in [5.74, 6) is 1.54. The average molecular weight is 260 g/mol. The molecule has 3 nitrogen and oxygen atoms in total. The third-order valence-electron chi connectivity index (χ3n) is 2.73. The van der Waals surface area contributed by atoms with Gasteiger partial charge in [0.1, 0.15) is 17.4 Å². The lowest BCUT2D eigenvalue weighted by Crippen LogP contribution is -2.01. The second-order valence-electron chi connectivity index (χ2n) is 4.87. The molecule has 0 unspecified atom stereocenters. The van der Waals surface area contributed by atoms with Crippen LogP contribution in [0.4, 0.5) is 4.39 Å². The van der Waals surface area contributed by atoms with Gasteiger partial charge in [-0.3, -0.25) is 0 Å². The first kappa shape index (κ1) is 13.5. The lowest BCUT2D eigenvalue weighted by atomic mass is 10.2.